The summed E-state index contributed by atoms with van der Waals surface area (Å²) in [6.45, 7) is 3.66. The Kier molecular flexibility index (Phi) is 5.75. The number of fused-ring (bicyclic) bond motifs is 2. The van der Waals surface area contributed by atoms with E-state index in [-0.39, 0.29) is 17.8 Å². The number of aromatic nitrogens is 4. The van der Waals surface area contributed by atoms with Gasteiger partial charge < -0.3 is 20.0 Å². The summed E-state index contributed by atoms with van der Waals surface area (Å²) in [5, 5.41) is 14.6. The lowest BCUT2D eigenvalue weighted by molar-refractivity contribution is 0.175. The summed E-state index contributed by atoms with van der Waals surface area (Å²) in [5.41, 5.74) is 3.81. The lowest BCUT2D eigenvalue weighted by Crippen LogP contribution is -2.42. The molecule has 1 aliphatic rings. The molecule has 3 heterocycles. The molecule has 0 atom stereocenters. The smallest absolute Gasteiger partial charge is 0.295 e. The highest BCUT2D eigenvalue weighted by molar-refractivity contribution is 5.82. The van der Waals surface area contributed by atoms with Crippen LogP contribution in [0, 0.1) is 12.7 Å². The molecule has 8 nitrogen and oxygen atoms in total. The van der Waals surface area contributed by atoms with Crippen LogP contribution in [0.3, 0.4) is 0 Å². The molecule has 0 bridgehead atoms. The summed E-state index contributed by atoms with van der Waals surface area (Å²) >= 11 is 0. The Bertz CT molecular complexity index is 1650. The number of para-hydroxylation sites is 2. The summed E-state index contributed by atoms with van der Waals surface area (Å²) in [6, 6.07) is 20.2. The van der Waals surface area contributed by atoms with Crippen LogP contribution in [0.15, 0.2) is 71.5 Å². The molecule has 9 heteroatoms. The van der Waals surface area contributed by atoms with Gasteiger partial charge in [-0.15, -0.1) is 4.73 Å². The first-order chi connectivity index (χ1) is 18.0. The number of halogens is 1. The highest BCUT2D eigenvalue weighted by Crippen LogP contribution is 2.25. The van der Waals surface area contributed by atoms with Crippen LogP contribution in [0.25, 0.3) is 21.9 Å². The van der Waals surface area contributed by atoms with E-state index in [4.69, 9.17) is 4.98 Å². The number of nitrogens with one attached hydrogen (secondary N) is 1. The van der Waals surface area contributed by atoms with Gasteiger partial charge in [0.1, 0.15) is 5.82 Å². The second-order valence-electron chi connectivity index (χ2n) is 9.54. The molecular formula is C28H27FN6O2. The molecule has 188 valence electrons. The molecule has 0 radical (unpaired) electrons. The van der Waals surface area contributed by atoms with Gasteiger partial charge in [0.2, 0.25) is 11.9 Å². The van der Waals surface area contributed by atoms with Crippen LogP contribution >= 0.6 is 0 Å². The van der Waals surface area contributed by atoms with Gasteiger partial charge in [-0.2, -0.15) is 0 Å². The van der Waals surface area contributed by atoms with Gasteiger partial charge in [-0.05, 0) is 61.2 Å². The Morgan fingerprint density at radius 3 is 2.49 bits per heavy atom. The van der Waals surface area contributed by atoms with E-state index in [1.54, 1.807) is 18.2 Å². The van der Waals surface area contributed by atoms with Crippen molar-refractivity contribution in [1.29, 1.82) is 0 Å². The van der Waals surface area contributed by atoms with Gasteiger partial charge in [-0.1, -0.05) is 36.4 Å². The predicted molar refractivity (Wildman–Crippen MR) is 142 cm³/mol. The van der Waals surface area contributed by atoms with Crippen molar-refractivity contribution in [1.82, 2.24) is 19.3 Å². The summed E-state index contributed by atoms with van der Waals surface area (Å²) in [5.74, 6) is 0.779. The molecule has 1 aliphatic heterocycles. The topological polar surface area (TPSA) is 88.2 Å². The van der Waals surface area contributed by atoms with E-state index in [9.17, 15) is 14.4 Å². The minimum absolute atomic E-state index is 0.154. The first-order valence-electron chi connectivity index (χ1n) is 12.4. The second kappa shape index (κ2) is 9.24. The number of nitrogens with zero attached hydrogens (tertiary/aromatic N) is 5. The standard InChI is InChI=1S/C28H27FN6O2/c1-18-5-4-7-23-25(18)26(36)35(37)28(32-23)33-15-13-21(14-16-33)30-27-31-22-6-2-3-8-24(22)34(27)17-19-9-11-20(29)12-10-19/h2-12,21,37H,13-17H2,1H3,(H,30,31). The van der Waals surface area contributed by atoms with E-state index in [1.807, 2.05) is 48.2 Å². The molecule has 2 N–H and O–H groups in total. The first kappa shape index (κ1) is 23.0. The van der Waals surface area contributed by atoms with Crippen molar-refractivity contribution in [3.8, 4) is 0 Å². The van der Waals surface area contributed by atoms with E-state index >= 15 is 0 Å². The SMILES string of the molecule is Cc1cccc2nc(N3CCC(Nc4nc5ccccc5n4Cc4ccc(F)cc4)CC3)n(O)c(=O)c12. The third-order valence-electron chi connectivity index (χ3n) is 7.09. The molecular weight excluding hydrogens is 471 g/mol. The van der Waals surface area contributed by atoms with E-state index in [0.717, 1.165) is 41.0 Å². The van der Waals surface area contributed by atoms with Crippen molar-refractivity contribution in [3.63, 3.8) is 0 Å². The number of piperidine rings is 1. The minimum Gasteiger partial charge on any atom is -0.422 e. The zero-order valence-corrected chi connectivity index (χ0v) is 20.4. The zero-order chi connectivity index (χ0) is 25.5. The molecule has 37 heavy (non-hydrogen) atoms. The van der Waals surface area contributed by atoms with Crippen molar-refractivity contribution >= 4 is 33.8 Å². The molecule has 6 rings (SSSR count). The molecule has 1 fully saturated rings. The Balaban J connectivity index is 1.22. The van der Waals surface area contributed by atoms with Crippen molar-refractivity contribution in [2.45, 2.75) is 32.4 Å². The molecule has 0 spiro atoms. The molecule has 0 amide bonds. The Labute approximate surface area is 212 Å². The minimum atomic E-state index is -0.451. The number of imidazole rings is 1. The highest BCUT2D eigenvalue weighted by Gasteiger charge is 2.25. The van der Waals surface area contributed by atoms with Gasteiger partial charge in [0, 0.05) is 19.1 Å². The molecule has 0 unspecified atom stereocenters. The van der Waals surface area contributed by atoms with Gasteiger partial charge in [0.05, 0.1) is 28.5 Å². The van der Waals surface area contributed by atoms with Crippen LogP contribution in [0.2, 0.25) is 0 Å². The fourth-order valence-corrected chi connectivity index (χ4v) is 5.10. The lowest BCUT2D eigenvalue weighted by Gasteiger charge is -2.33. The molecule has 3 aromatic carbocycles. The maximum absolute atomic E-state index is 13.4. The normalized spacial score (nSPS) is 14.5. The average molecular weight is 499 g/mol. The number of aryl methyl sites for hydroxylation is 1. The summed E-state index contributed by atoms with van der Waals surface area (Å²) in [6.07, 6.45) is 1.56. The maximum atomic E-state index is 13.4. The van der Waals surface area contributed by atoms with Crippen LogP contribution in [-0.2, 0) is 6.54 Å². The van der Waals surface area contributed by atoms with E-state index in [0.29, 0.717) is 35.3 Å². The fourth-order valence-electron chi connectivity index (χ4n) is 5.10. The number of benzene rings is 3. The second-order valence-corrected chi connectivity index (χ2v) is 9.54. The largest absolute Gasteiger partial charge is 0.422 e. The van der Waals surface area contributed by atoms with E-state index in [1.165, 1.54) is 12.1 Å². The van der Waals surface area contributed by atoms with Crippen molar-refractivity contribution in [2.75, 3.05) is 23.3 Å². The van der Waals surface area contributed by atoms with Gasteiger partial charge >= 0.3 is 0 Å². The third kappa shape index (κ3) is 4.26. The van der Waals surface area contributed by atoms with Crippen molar-refractivity contribution in [3.05, 3.63) is 94.0 Å². The molecule has 0 saturated carbocycles. The Hall–Kier alpha value is -4.40. The zero-order valence-electron chi connectivity index (χ0n) is 20.4. The molecule has 1 saturated heterocycles. The number of hydrogen-bond acceptors (Lipinski definition) is 6. The number of rotatable bonds is 5. The quantitative estimate of drug-likeness (QED) is 0.346. The van der Waals surface area contributed by atoms with Crippen LogP contribution in [-0.4, -0.2) is 43.6 Å². The molecule has 5 aromatic rings. The van der Waals surface area contributed by atoms with E-state index < -0.39 is 5.56 Å². The van der Waals surface area contributed by atoms with Crippen molar-refractivity contribution < 1.29 is 9.60 Å². The number of hydrogen-bond donors (Lipinski definition) is 2. The van der Waals surface area contributed by atoms with Gasteiger partial charge in [0.15, 0.2) is 0 Å². The number of anilines is 2. The van der Waals surface area contributed by atoms with Gasteiger partial charge in [-0.25, -0.2) is 14.4 Å². The van der Waals surface area contributed by atoms with Crippen LogP contribution < -0.4 is 15.8 Å². The first-order valence-corrected chi connectivity index (χ1v) is 12.4. The van der Waals surface area contributed by atoms with Gasteiger partial charge in [0.25, 0.3) is 5.56 Å². The van der Waals surface area contributed by atoms with Crippen LogP contribution in [0.5, 0.6) is 0 Å². The molecule has 0 aliphatic carbocycles. The predicted octanol–water partition coefficient (Wildman–Crippen LogP) is 4.56. The Morgan fingerprint density at radius 1 is 0.973 bits per heavy atom. The highest BCUT2D eigenvalue weighted by atomic mass is 19.1. The third-order valence-corrected chi connectivity index (χ3v) is 7.09. The molecule has 2 aromatic heterocycles. The summed E-state index contributed by atoms with van der Waals surface area (Å²) < 4.78 is 16.2. The van der Waals surface area contributed by atoms with Crippen LogP contribution in [0.1, 0.15) is 24.0 Å². The fraction of sp³-hybridized carbons (Fsp3) is 0.250. The Morgan fingerprint density at radius 2 is 1.70 bits per heavy atom. The average Bonchev–Trinajstić information content (AvgIpc) is 3.24. The van der Waals surface area contributed by atoms with Crippen molar-refractivity contribution in [2.24, 2.45) is 0 Å². The lowest BCUT2D eigenvalue weighted by atomic mass is 10.1. The van der Waals surface area contributed by atoms with Crippen LogP contribution in [0.4, 0.5) is 16.3 Å². The summed E-state index contributed by atoms with van der Waals surface area (Å²) in [4.78, 5) is 24.2. The maximum Gasteiger partial charge on any atom is 0.295 e. The van der Waals surface area contributed by atoms with Gasteiger partial charge in [-0.3, -0.25) is 4.79 Å². The monoisotopic (exact) mass is 498 g/mol. The summed E-state index contributed by atoms with van der Waals surface area (Å²) in [7, 11) is 0. The van der Waals surface area contributed by atoms with E-state index in [2.05, 4.69) is 14.9 Å².